The van der Waals surface area contributed by atoms with E-state index in [1.165, 1.54) is 7.11 Å². The highest BCUT2D eigenvalue weighted by Gasteiger charge is 2.11. The number of rotatable bonds is 2. The van der Waals surface area contributed by atoms with Gasteiger partial charge in [-0.3, -0.25) is 4.79 Å². The van der Waals surface area contributed by atoms with Gasteiger partial charge < -0.3 is 4.74 Å². The van der Waals surface area contributed by atoms with Crippen molar-refractivity contribution in [3.05, 3.63) is 33.3 Å². The Hall–Kier alpha value is -1.05. The molecule has 19 heavy (non-hydrogen) atoms. The second-order valence-electron chi connectivity index (χ2n) is 5.51. The highest BCUT2D eigenvalue weighted by molar-refractivity contribution is 9.10. The number of methoxy groups -OCH3 is 1. The lowest BCUT2D eigenvalue weighted by Crippen LogP contribution is -2.16. The van der Waals surface area contributed by atoms with Gasteiger partial charge in [-0.05, 0) is 24.1 Å². The minimum absolute atomic E-state index is 0.238. The van der Waals surface area contributed by atoms with Crippen molar-refractivity contribution < 1.29 is 9.53 Å². The fraction of sp³-hybridized carbons (Fsp3) is 0.400. The van der Waals surface area contributed by atoms with Crippen molar-refractivity contribution in [1.29, 1.82) is 0 Å². The van der Waals surface area contributed by atoms with Crippen molar-refractivity contribution in [2.24, 2.45) is 0 Å². The van der Waals surface area contributed by atoms with Crippen molar-refractivity contribution in [1.82, 2.24) is 0 Å². The number of hydrogen-bond donors (Lipinski definition) is 0. The van der Waals surface area contributed by atoms with E-state index in [0.717, 1.165) is 21.2 Å². The maximum atomic E-state index is 11.5. The number of hydrogen-bond acceptors (Lipinski definition) is 2. The van der Waals surface area contributed by atoms with E-state index in [1.807, 2.05) is 19.1 Å². The number of ether oxygens (including phenoxy) is 1. The van der Waals surface area contributed by atoms with E-state index in [0.29, 0.717) is 0 Å². The summed E-state index contributed by atoms with van der Waals surface area (Å²) in [6.07, 6.45) is 0.264. The third-order valence-electron chi connectivity index (χ3n) is 2.52. The van der Waals surface area contributed by atoms with Gasteiger partial charge in [0.25, 0.3) is 0 Å². The molecule has 0 N–H and O–H groups in total. The fourth-order valence-corrected chi connectivity index (χ4v) is 2.34. The molecule has 0 amide bonds. The Labute approximate surface area is 124 Å². The van der Waals surface area contributed by atoms with Crippen molar-refractivity contribution in [3.8, 4) is 11.5 Å². The second kappa shape index (κ2) is 6.40. The van der Waals surface area contributed by atoms with E-state index < -0.39 is 8.07 Å². The number of carbonyl (C=O) groups is 1. The molecule has 0 aliphatic rings. The van der Waals surface area contributed by atoms with Gasteiger partial charge in [0.05, 0.1) is 13.5 Å². The van der Waals surface area contributed by atoms with Gasteiger partial charge in [0.2, 0.25) is 0 Å². The van der Waals surface area contributed by atoms with Crippen LogP contribution in [-0.4, -0.2) is 21.2 Å². The van der Waals surface area contributed by atoms with Crippen LogP contribution in [0.15, 0.2) is 16.6 Å². The summed E-state index contributed by atoms with van der Waals surface area (Å²) in [7, 11) is -0.0305. The summed E-state index contributed by atoms with van der Waals surface area (Å²) in [4.78, 5) is 11.5. The van der Waals surface area contributed by atoms with Crippen LogP contribution >= 0.6 is 15.9 Å². The van der Waals surface area contributed by atoms with E-state index in [4.69, 9.17) is 4.74 Å². The van der Waals surface area contributed by atoms with E-state index in [9.17, 15) is 4.79 Å². The molecule has 0 fully saturated rings. The van der Waals surface area contributed by atoms with Crippen LogP contribution in [-0.2, 0) is 16.0 Å². The standard InChI is InChI=1S/C15H19BrO2Si/c1-11-8-13(10-15(17)18-2)12(9-14(11)16)6-7-19(3,4)5/h8-9H,10H2,1-5H3. The lowest BCUT2D eigenvalue weighted by atomic mass is 10.0. The average molecular weight is 339 g/mol. The van der Waals surface area contributed by atoms with Crippen LogP contribution in [0.5, 0.6) is 0 Å². The highest BCUT2D eigenvalue weighted by atomic mass is 79.9. The first-order valence-corrected chi connectivity index (χ1v) is 10.4. The third kappa shape index (κ3) is 5.21. The topological polar surface area (TPSA) is 26.3 Å². The molecular weight excluding hydrogens is 320 g/mol. The zero-order valence-corrected chi connectivity index (χ0v) is 14.6. The summed E-state index contributed by atoms with van der Waals surface area (Å²) in [6, 6.07) is 3.98. The Morgan fingerprint density at radius 1 is 1.37 bits per heavy atom. The SMILES string of the molecule is COC(=O)Cc1cc(C)c(Br)cc1C#C[Si](C)(C)C. The summed E-state index contributed by atoms with van der Waals surface area (Å²) in [5.74, 6) is 2.99. The molecule has 102 valence electrons. The van der Waals surface area contributed by atoms with Crippen LogP contribution in [0.1, 0.15) is 16.7 Å². The van der Waals surface area contributed by atoms with Gasteiger partial charge in [-0.25, -0.2) is 0 Å². The number of halogens is 1. The smallest absolute Gasteiger partial charge is 0.310 e. The molecule has 0 heterocycles. The first kappa shape index (κ1) is 16.0. The Morgan fingerprint density at radius 2 is 2.00 bits per heavy atom. The summed E-state index contributed by atoms with van der Waals surface area (Å²) in [5.41, 5.74) is 6.26. The first-order valence-electron chi connectivity index (χ1n) is 6.12. The molecule has 0 radical (unpaired) electrons. The fourth-order valence-electron chi connectivity index (χ4n) is 1.49. The molecule has 0 saturated heterocycles. The molecule has 0 unspecified atom stereocenters. The first-order chi connectivity index (χ1) is 8.73. The molecule has 0 aliphatic carbocycles. The zero-order valence-electron chi connectivity index (χ0n) is 12.1. The van der Waals surface area contributed by atoms with E-state index >= 15 is 0 Å². The van der Waals surface area contributed by atoms with Gasteiger partial charge in [0, 0.05) is 10.0 Å². The molecule has 4 heteroatoms. The predicted molar refractivity (Wildman–Crippen MR) is 84.8 cm³/mol. The molecule has 1 aromatic carbocycles. The normalized spacial score (nSPS) is 10.6. The largest absolute Gasteiger partial charge is 0.469 e. The lowest BCUT2D eigenvalue weighted by Gasteiger charge is -2.09. The van der Waals surface area contributed by atoms with Crippen LogP contribution in [0.25, 0.3) is 0 Å². The maximum absolute atomic E-state index is 11.5. The summed E-state index contributed by atoms with van der Waals surface area (Å²) in [5, 5.41) is 0. The van der Waals surface area contributed by atoms with Crippen molar-refractivity contribution in [2.45, 2.75) is 33.0 Å². The molecule has 0 bridgehead atoms. The number of esters is 1. The van der Waals surface area contributed by atoms with Gasteiger partial charge in [0.1, 0.15) is 8.07 Å². The van der Waals surface area contributed by atoms with Gasteiger partial charge in [-0.1, -0.05) is 47.6 Å². The van der Waals surface area contributed by atoms with E-state index in [2.05, 4.69) is 47.0 Å². The quantitative estimate of drug-likeness (QED) is 0.467. The maximum Gasteiger partial charge on any atom is 0.310 e. The van der Waals surface area contributed by atoms with Crippen LogP contribution in [0.2, 0.25) is 19.6 Å². The van der Waals surface area contributed by atoms with Gasteiger partial charge in [-0.2, -0.15) is 0 Å². The lowest BCUT2D eigenvalue weighted by molar-refractivity contribution is -0.139. The average Bonchev–Trinajstić information content (AvgIpc) is 2.30. The van der Waals surface area contributed by atoms with Gasteiger partial charge >= 0.3 is 5.97 Å². The van der Waals surface area contributed by atoms with Crippen molar-refractivity contribution in [2.75, 3.05) is 7.11 Å². The van der Waals surface area contributed by atoms with E-state index in [-0.39, 0.29) is 12.4 Å². The number of benzene rings is 1. The van der Waals surface area contributed by atoms with Gasteiger partial charge in [0.15, 0.2) is 0 Å². The Bertz CT molecular complexity index is 548. The van der Waals surface area contributed by atoms with Crippen molar-refractivity contribution in [3.63, 3.8) is 0 Å². The Balaban J connectivity index is 3.23. The molecule has 1 aromatic rings. The molecular formula is C15H19BrO2Si. The van der Waals surface area contributed by atoms with Crippen LogP contribution < -0.4 is 0 Å². The van der Waals surface area contributed by atoms with Crippen molar-refractivity contribution >= 4 is 30.0 Å². The molecule has 0 aliphatic heterocycles. The minimum Gasteiger partial charge on any atom is -0.469 e. The van der Waals surface area contributed by atoms with E-state index in [1.54, 1.807) is 0 Å². The van der Waals surface area contributed by atoms with Gasteiger partial charge in [-0.15, -0.1) is 5.54 Å². The molecule has 2 nitrogen and oxygen atoms in total. The Morgan fingerprint density at radius 3 is 2.53 bits per heavy atom. The third-order valence-corrected chi connectivity index (χ3v) is 4.25. The minimum atomic E-state index is -1.43. The summed E-state index contributed by atoms with van der Waals surface area (Å²) >= 11 is 3.51. The predicted octanol–water partition coefficient (Wildman–Crippen LogP) is 3.70. The summed E-state index contributed by atoms with van der Waals surface area (Å²) < 4.78 is 5.75. The molecule has 0 aromatic heterocycles. The zero-order chi connectivity index (χ0) is 14.6. The van der Waals surface area contributed by atoms with Crippen LogP contribution in [0, 0.1) is 18.4 Å². The second-order valence-corrected chi connectivity index (χ2v) is 11.1. The van der Waals surface area contributed by atoms with Crippen LogP contribution in [0.4, 0.5) is 0 Å². The number of aryl methyl sites for hydroxylation is 1. The molecule has 0 saturated carbocycles. The van der Waals surface area contributed by atoms with Crippen LogP contribution in [0.3, 0.4) is 0 Å². The molecule has 0 spiro atoms. The Kier molecular flexibility index (Phi) is 5.39. The summed E-state index contributed by atoms with van der Waals surface area (Å²) in [6.45, 7) is 8.59. The molecule has 0 atom stereocenters. The number of carbonyl (C=O) groups excluding carboxylic acids is 1. The molecule has 1 rings (SSSR count). The monoisotopic (exact) mass is 338 g/mol. The highest BCUT2D eigenvalue weighted by Crippen LogP contribution is 2.22.